The zero-order valence-electron chi connectivity index (χ0n) is 32.1. The van der Waals surface area contributed by atoms with Crippen molar-refractivity contribution in [2.24, 2.45) is 11.8 Å². The number of methoxy groups -OCH3 is 2. The van der Waals surface area contributed by atoms with Crippen molar-refractivity contribution in [1.29, 1.82) is 0 Å². The van der Waals surface area contributed by atoms with Gasteiger partial charge in [0.2, 0.25) is 11.8 Å². The zero-order valence-corrected chi connectivity index (χ0v) is 32.1. The summed E-state index contributed by atoms with van der Waals surface area (Å²) in [5.74, 6) is 8.86. The molecule has 55 heavy (non-hydrogen) atoms. The van der Waals surface area contributed by atoms with Gasteiger partial charge in [-0.15, -0.1) is 12.3 Å². The van der Waals surface area contributed by atoms with E-state index in [0.717, 1.165) is 52.0 Å². The van der Waals surface area contributed by atoms with Gasteiger partial charge in [-0.1, -0.05) is 51.7 Å². The second-order valence-corrected chi connectivity index (χ2v) is 14.0. The Hall–Kier alpha value is -6.28. The van der Waals surface area contributed by atoms with Crippen LogP contribution in [0.15, 0.2) is 48.8 Å². The Morgan fingerprint density at radius 1 is 0.964 bits per heavy atom. The summed E-state index contributed by atoms with van der Waals surface area (Å²) in [5, 5.41) is 5.33. The van der Waals surface area contributed by atoms with Gasteiger partial charge < -0.3 is 39.9 Å². The normalized spacial score (nSPS) is 14.8. The molecule has 0 bridgehead atoms. The van der Waals surface area contributed by atoms with Gasteiger partial charge in [0, 0.05) is 36.2 Å². The molecule has 14 heteroatoms. The molecule has 4 aromatic rings. The number of rotatable bonds is 12. The van der Waals surface area contributed by atoms with Gasteiger partial charge >= 0.3 is 12.2 Å². The van der Waals surface area contributed by atoms with Crippen LogP contribution in [0, 0.1) is 36.0 Å². The summed E-state index contributed by atoms with van der Waals surface area (Å²) in [6, 6.07) is 11.7. The van der Waals surface area contributed by atoms with Crippen LogP contribution in [0.3, 0.4) is 0 Å². The van der Waals surface area contributed by atoms with Crippen molar-refractivity contribution in [3.05, 3.63) is 71.4 Å². The first-order valence-electron chi connectivity index (χ1n) is 18.3. The minimum atomic E-state index is -0.791. The SMILES string of the molecule is C#CCCN(Cc1nc2ccc(C#Cc3ccc(-c4nc[nH]c4[C@@H]4CCCN4C(=O)C(NC(=O)OC)C(C)C)cc3)cc2[nH]1)C(=O)[C@@H](NC(=O)OC)C(C)C. The van der Waals surface area contributed by atoms with E-state index in [1.54, 1.807) is 11.2 Å². The largest absolute Gasteiger partial charge is 0.453 e. The molecule has 0 aliphatic carbocycles. The van der Waals surface area contributed by atoms with Gasteiger partial charge in [-0.25, -0.2) is 19.6 Å². The van der Waals surface area contributed by atoms with Crippen LogP contribution in [0.25, 0.3) is 22.3 Å². The lowest BCUT2D eigenvalue weighted by Gasteiger charge is -2.30. The number of benzene rings is 2. The number of carbonyl (C=O) groups is 4. The zero-order chi connectivity index (χ0) is 39.6. The molecular weight excluding hydrogens is 701 g/mol. The second kappa shape index (κ2) is 18.2. The molecule has 14 nitrogen and oxygen atoms in total. The number of ether oxygens (including phenoxy) is 2. The molecule has 1 saturated heterocycles. The van der Waals surface area contributed by atoms with E-state index in [1.807, 2.05) is 75.1 Å². The average molecular weight is 749 g/mol. The van der Waals surface area contributed by atoms with E-state index >= 15 is 0 Å². The number of carbonyl (C=O) groups excluding carboxylic acids is 4. The number of likely N-dealkylation sites (tertiary alicyclic amines) is 1. The van der Waals surface area contributed by atoms with Crippen molar-refractivity contribution in [2.75, 3.05) is 27.3 Å². The maximum Gasteiger partial charge on any atom is 0.407 e. The Morgan fingerprint density at radius 3 is 2.27 bits per heavy atom. The maximum absolute atomic E-state index is 13.6. The van der Waals surface area contributed by atoms with Crippen molar-refractivity contribution in [3.8, 4) is 35.4 Å². The molecule has 4 amide bonds. The van der Waals surface area contributed by atoms with Gasteiger partial charge in [0.25, 0.3) is 0 Å². The van der Waals surface area contributed by atoms with Crippen molar-refractivity contribution < 1.29 is 28.7 Å². The summed E-state index contributed by atoms with van der Waals surface area (Å²) in [5.41, 5.74) is 5.55. The molecule has 1 unspecified atom stereocenters. The lowest BCUT2D eigenvalue weighted by molar-refractivity contribution is -0.136. The van der Waals surface area contributed by atoms with Gasteiger partial charge in [0.1, 0.15) is 17.9 Å². The predicted octanol–water partition coefficient (Wildman–Crippen LogP) is 5.13. The minimum absolute atomic E-state index is 0.124. The number of alkyl carbamates (subject to hydrolysis) is 2. The third-order valence-corrected chi connectivity index (χ3v) is 9.54. The molecule has 1 aliphatic rings. The molecule has 2 aromatic heterocycles. The van der Waals surface area contributed by atoms with Crippen LogP contribution in [-0.4, -0.2) is 93.1 Å². The molecule has 0 saturated carbocycles. The number of aromatic amines is 2. The van der Waals surface area contributed by atoms with Crippen molar-refractivity contribution in [3.63, 3.8) is 0 Å². The Balaban J connectivity index is 1.29. The third kappa shape index (κ3) is 9.64. The predicted molar refractivity (Wildman–Crippen MR) is 207 cm³/mol. The van der Waals surface area contributed by atoms with E-state index < -0.39 is 24.3 Å². The number of hydrogen-bond acceptors (Lipinski definition) is 8. The van der Waals surface area contributed by atoms with E-state index in [1.165, 1.54) is 14.2 Å². The van der Waals surface area contributed by atoms with Gasteiger partial charge in [-0.05, 0) is 55.0 Å². The summed E-state index contributed by atoms with van der Waals surface area (Å²) in [6.07, 6.45) is 7.78. The number of amides is 4. The molecule has 3 heterocycles. The Labute approximate surface area is 321 Å². The van der Waals surface area contributed by atoms with Crippen molar-refractivity contribution >= 4 is 35.0 Å². The van der Waals surface area contributed by atoms with Crippen molar-refractivity contribution in [1.82, 2.24) is 40.4 Å². The second-order valence-electron chi connectivity index (χ2n) is 14.0. The molecule has 288 valence electrons. The quantitative estimate of drug-likeness (QED) is 0.144. The summed E-state index contributed by atoms with van der Waals surface area (Å²) in [7, 11) is 2.53. The minimum Gasteiger partial charge on any atom is -0.453 e. The molecule has 1 aliphatic heterocycles. The monoisotopic (exact) mass is 748 g/mol. The summed E-state index contributed by atoms with van der Waals surface area (Å²) >= 11 is 0. The van der Waals surface area contributed by atoms with Gasteiger partial charge in [0.15, 0.2) is 0 Å². The van der Waals surface area contributed by atoms with Crippen molar-refractivity contribution in [2.45, 2.75) is 71.6 Å². The van der Waals surface area contributed by atoms with Crippen LogP contribution >= 0.6 is 0 Å². The molecule has 5 rings (SSSR count). The average Bonchev–Trinajstić information content (AvgIpc) is 3.95. The summed E-state index contributed by atoms with van der Waals surface area (Å²) in [4.78, 5) is 70.4. The van der Waals surface area contributed by atoms with E-state index in [-0.39, 0.29) is 36.2 Å². The smallest absolute Gasteiger partial charge is 0.407 e. The molecule has 1 fully saturated rings. The van der Waals surface area contributed by atoms with Gasteiger partial charge in [0.05, 0.1) is 55.6 Å². The Kier molecular flexibility index (Phi) is 13.2. The third-order valence-electron chi connectivity index (χ3n) is 9.54. The number of terminal acetylenes is 1. The lowest BCUT2D eigenvalue weighted by atomic mass is 10.00. The van der Waals surface area contributed by atoms with Crippen LogP contribution in [0.2, 0.25) is 0 Å². The Bertz CT molecular complexity index is 2100. The first-order valence-corrected chi connectivity index (χ1v) is 18.3. The number of H-pyrrole nitrogens is 2. The fourth-order valence-corrected chi connectivity index (χ4v) is 6.61. The van der Waals surface area contributed by atoms with Crippen LogP contribution in [0.5, 0.6) is 0 Å². The van der Waals surface area contributed by atoms with Crippen LogP contribution in [0.1, 0.15) is 75.6 Å². The van der Waals surface area contributed by atoms with Gasteiger partial charge in [-0.2, -0.15) is 0 Å². The molecule has 0 spiro atoms. The van der Waals surface area contributed by atoms with E-state index in [9.17, 15) is 19.2 Å². The van der Waals surface area contributed by atoms with E-state index in [2.05, 4.69) is 48.3 Å². The fourth-order valence-electron chi connectivity index (χ4n) is 6.61. The number of aromatic nitrogens is 4. The summed E-state index contributed by atoms with van der Waals surface area (Å²) in [6.45, 7) is 8.52. The van der Waals surface area contributed by atoms with Gasteiger partial charge in [-0.3, -0.25) is 9.59 Å². The first-order chi connectivity index (χ1) is 26.4. The van der Waals surface area contributed by atoms with E-state index in [0.29, 0.717) is 25.3 Å². The maximum atomic E-state index is 13.6. The highest BCUT2D eigenvalue weighted by Gasteiger charge is 2.38. The number of nitrogens with one attached hydrogen (secondary N) is 4. The number of nitrogens with zero attached hydrogens (tertiary/aromatic N) is 4. The fraction of sp³-hybridized carbons (Fsp3) is 0.415. The van der Waals surface area contributed by atoms with Crippen LogP contribution in [-0.2, 0) is 25.6 Å². The summed E-state index contributed by atoms with van der Waals surface area (Å²) < 4.78 is 9.49. The Morgan fingerprint density at radius 2 is 1.62 bits per heavy atom. The van der Waals surface area contributed by atoms with Crippen LogP contribution in [0.4, 0.5) is 9.59 Å². The first kappa shape index (κ1) is 39.9. The number of hydrogen-bond donors (Lipinski definition) is 4. The molecule has 3 atom stereocenters. The van der Waals surface area contributed by atoms with E-state index in [4.69, 9.17) is 15.9 Å². The number of fused-ring (bicyclic) bond motifs is 1. The highest BCUT2D eigenvalue weighted by atomic mass is 16.5. The molecular formula is C41H48N8O6. The van der Waals surface area contributed by atoms with Crippen LogP contribution < -0.4 is 10.6 Å². The highest BCUT2D eigenvalue weighted by Crippen LogP contribution is 2.36. The topological polar surface area (TPSA) is 175 Å². The molecule has 0 radical (unpaired) electrons. The molecule has 4 N–H and O–H groups in total. The highest BCUT2D eigenvalue weighted by molar-refractivity contribution is 5.87. The standard InChI is InChI=1S/C41H48N8O6/c1-8-9-20-48(38(50)34(25(2)3)46-40(52)54-6)23-33-44-30-19-16-28(22-31(30)45-33)13-12-27-14-17-29(18-15-27)36-37(43-24-42-36)32-11-10-21-49(32)39(51)35(26(4)5)47-41(53)55-7/h1,14-19,22,24-26,32,34-35H,9-11,20-21,23H2,2-7H3,(H,42,43)(H,44,45)(H,46,52)(H,47,53)/t32-,34-,35?/m0/s1. The lowest BCUT2D eigenvalue weighted by Crippen LogP contribution is -2.51. The number of imidazole rings is 2. The molecule has 2 aromatic carbocycles.